The molecule has 0 radical (unpaired) electrons. The Morgan fingerprint density at radius 3 is 2.69 bits per heavy atom. The van der Waals surface area contributed by atoms with Gasteiger partial charge in [0, 0.05) is 41.2 Å². The molecule has 2 heterocycles. The highest BCUT2D eigenvalue weighted by Gasteiger charge is 2.51. The number of hydrogen-bond acceptors (Lipinski definition) is 3. The van der Waals surface area contributed by atoms with Crippen LogP contribution in [0.1, 0.15) is 47.0 Å². The molecule has 4 rings (SSSR count). The van der Waals surface area contributed by atoms with Gasteiger partial charge in [0.25, 0.3) is 0 Å². The first kappa shape index (κ1) is 17.6. The van der Waals surface area contributed by atoms with E-state index in [1.54, 1.807) is 6.92 Å². The van der Waals surface area contributed by atoms with Crippen LogP contribution in [0.25, 0.3) is 0 Å². The summed E-state index contributed by atoms with van der Waals surface area (Å²) >= 11 is 0. The predicted molar refractivity (Wildman–Crippen MR) is 103 cm³/mol. The Kier molecular flexibility index (Phi) is 4.14. The fraction of sp³-hybridized carbons (Fsp3) is 0.591. The van der Waals surface area contributed by atoms with Crippen molar-refractivity contribution in [2.45, 2.75) is 59.0 Å². The van der Waals surface area contributed by atoms with Crippen LogP contribution in [-0.4, -0.2) is 29.2 Å². The standard InChI is InChI=1S/C22H29N2O2/c1-11(2)13(4)22-18-9-15-10-23-19-7-6-16(14(5)25)21(20(15)19)17(18)8-12(3)24(22)26/h8,11,16,18-19,22-23H,4,6-7,9-10H2,1-3,5H3/q+1. The first-order chi connectivity index (χ1) is 12.3. The molecule has 26 heavy (non-hydrogen) atoms. The Hall–Kier alpha value is -1.81. The zero-order valence-corrected chi connectivity index (χ0v) is 16.3. The highest BCUT2D eigenvalue weighted by Crippen LogP contribution is 2.51. The monoisotopic (exact) mass is 353 g/mol. The highest BCUT2D eigenvalue weighted by atomic mass is 16.3. The molecular weight excluding hydrogens is 324 g/mol. The van der Waals surface area contributed by atoms with Gasteiger partial charge in [0.1, 0.15) is 5.78 Å². The molecule has 4 unspecified atom stereocenters. The van der Waals surface area contributed by atoms with Crippen molar-refractivity contribution in [2.24, 2.45) is 17.8 Å². The minimum atomic E-state index is -0.231. The van der Waals surface area contributed by atoms with Crippen LogP contribution in [-0.2, 0) is 4.79 Å². The van der Waals surface area contributed by atoms with Crippen molar-refractivity contribution in [1.29, 1.82) is 0 Å². The summed E-state index contributed by atoms with van der Waals surface area (Å²) in [4.78, 5) is 25.4. The van der Waals surface area contributed by atoms with Crippen LogP contribution in [0.2, 0.25) is 0 Å². The van der Waals surface area contributed by atoms with E-state index in [1.807, 2.05) is 6.92 Å². The lowest BCUT2D eigenvalue weighted by Gasteiger charge is -2.39. The summed E-state index contributed by atoms with van der Waals surface area (Å²) < 4.78 is 1.16. The second kappa shape index (κ2) is 6.12. The average molecular weight is 353 g/mol. The number of ketones is 1. The summed E-state index contributed by atoms with van der Waals surface area (Å²) in [5.41, 5.74) is 6.99. The lowest BCUT2D eigenvalue weighted by molar-refractivity contribution is -0.540. The second-order valence-electron chi connectivity index (χ2n) is 8.66. The van der Waals surface area contributed by atoms with Crippen LogP contribution >= 0.6 is 0 Å². The van der Waals surface area contributed by atoms with Gasteiger partial charge in [-0.1, -0.05) is 26.0 Å². The molecule has 0 spiro atoms. The number of fused-ring (bicyclic) bond motifs is 1. The van der Waals surface area contributed by atoms with Gasteiger partial charge in [0.15, 0.2) is 0 Å². The lowest BCUT2D eigenvalue weighted by atomic mass is 9.64. The van der Waals surface area contributed by atoms with Gasteiger partial charge in [-0.2, -0.15) is 0 Å². The molecule has 1 saturated carbocycles. The molecule has 4 heteroatoms. The summed E-state index contributed by atoms with van der Waals surface area (Å²) in [5, 5.41) is 3.63. The molecule has 0 amide bonds. The van der Waals surface area contributed by atoms with Crippen molar-refractivity contribution in [3.63, 3.8) is 0 Å². The minimum absolute atomic E-state index is 0.0239. The summed E-state index contributed by atoms with van der Waals surface area (Å²) in [5.74, 6) is 0.595. The van der Waals surface area contributed by atoms with Gasteiger partial charge < -0.3 is 5.32 Å². The zero-order chi connectivity index (χ0) is 18.7. The zero-order valence-electron chi connectivity index (χ0n) is 16.3. The van der Waals surface area contributed by atoms with E-state index in [-0.39, 0.29) is 29.6 Å². The Balaban J connectivity index is 1.92. The van der Waals surface area contributed by atoms with Crippen LogP contribution in [0.5, 0.6) is 0 Å². The molecule has 0 aromatic heterocycles. The van der Waals surface area contributed by atoms with Crippen molar-refractivity contribution in [2.75, 3.05) is 6.54 Å². The van der Waals surface area contributed by atoms with Crippen molar-refractivity contribution in [3.8, 4) is 0 Å². The van der Waals surface area contributed by atoms with Crippen molar-refractivity contribution < 1.29 is 9.55 Å². The normalized spacial score (nSPS) is 33.3. The van der Waals surface area contributed by atoms with E-state index in [0.29, 0.717) is 6.04 Å². The van der Waals surface area contributed by atoms with E-state index in [1.165, 1.54) is 22.3 Å². The SMILES string of the molecule is C=C(C(C)C)C1C2CC3=C4C(=C2C=C(C)[N+]1=O)C(C(C)=O)CCC4NC3. The molecular formula is C22H29N2O2+. The van der Waals surface area contributed by atoms with E-state index < -0.39 is 0 Å². The number of rotatable bonds is 3. The molecule has 1 N–H and O–H groups in total. The Bertz CT molecular complexity index is 812. The summed E-state index contributed by atoms with van der Waals surface area (Å²) in [6.07, 6.45) is 4.89. The Morgan fingerprint density at radius 1 is 1.31 bits per heavy atom. The summed E-state index contributed by atoms with van der Waals surface area (Å²) in [6.45, 7) is 13.0. The van der Waals surface area contributed by atoms with Gasteiger partial charge in [-0.05, 0) is 54.4 Å². The molecule has 4 atom stereocenters. The van der Waals surface area contributed by atoms with E-state index in [2.05, 4.69) is 31.8 Å². The third-order valence-corrected chi connectivity index (χ3v) is 6.81. The quantitative estimate of drug-likeness (QED) is 0.619. The number of nitrogens with one attached hydrogen (secondary N) is 1. The Labute approximate surface area is 155 Å². The third-order valence-electron chi connectivity index (χ3n) is 6.81. The number of Topliss-reactive ketones (excluding diaryl/α,β-unsaturated/α-hetero) is 1. The highest BCUT2D eigenvalue weighted by molar-refractivity contribution is 5.84. The minimum Gasteiger partial charge on any atom is -0.306 e. The molecule has 1 fully saturated rings. The molecule has 0 saturated heterocycles. The molecule has 2 aliphatic carbocycles. The van der Waals surface area contributed by atoms with Crippen LogP contribution in [0.4, 0.5) is 0 Å². The number of nitroso groups, excluding NO2 is 1. The average Bonchev–Trinajstić information content (AvgIpc) is 3.00. The molecule has 138 valence electrons. The molecule has 2 aliphatic heterocycles. The number of nitrogens with zero attached hydrogens (tertiary/aromatic N) is 1. The molecule has 0 bridgehead atoms. The fourth-order valence-corrected chi connectivity index (χ4v) is 5.39. The molecule has 0 aromatic rings. The van der Waals surface area contributed by atoms with Gasteiger partial charge in [0.2, 0.25) is 11.7 Å². The lowest BCUT2D eigenvalue weighted by Crippen LogP contribution is -2.42. The van der Waals surface area contributed by atoms with Gasteiger partial charge in [-0.25, -0.2) is 0 Å². The smallest absolute Gasteiger partial charge is 0.236 e. The van der Waals surface area contributed by atoms with Crippen molar-refractivity contribution in [1.82, 2.24) is 5.32 Å². The topological polar surface area (TPSA) is 49.2 Å². The first-order valence-electron chi connectivity index (χ1n) is 9.84. The predicted octanol–water partition coefficient (Wildman–Crippen LogP) is 3.85. The van der Waals surface area contributed by atoms with Crippen molar-refractivity contribution in [3.05, 3.63) is 51.1 Å². The first-order valence-corrected chi connectivity index (χ1v) is 9.84. The van der Waals surface area contributed by atoms with Crippen LogP contribution in [0.15, 0.2) is 46.2 Å². The molecule has 0 aromatic carbocycles. The fourth-order valence-electron chi connectivity index (χ4n) is 5.39. The van der Waals surface area contributed by atoms with Gasteiger partial charge in [-0.15, -0.1) is 0 Å². The van der Waals surface area contributed by atoms with Gasteiger partial charge in [-0.3, -0.25) is 4.79 Å². The van der Waals surface area contributed by atoms with Crippen molar-refractivity contribution >= 4 is 5.78 Å². The number of allylic oxidation sites excluding steroid dienone is 2. The molecule has 4 aliphatic rings. The summed E-state index contributed by atoms with van der Waals surface area (Å²) in [6, 6.07) is 0.153. The summed E-state index contributed by atoms with van der Waals surface area (Å²) in [7, 11) is 0. The largest absolute Gasteiger partial charge is 0.306 e. The van der Waals surface area contributed by atoms with Gasteiger partial charge in [0.05, 0.1) is 5.92 Å². The number of carbonyl (C=O) groups excluding carboxylic acids is 1. The van der Waals surface area contributed by atoms with Crippen LogP contribution < -0.4 is 5.32 Å². The number of hydrogen-bond donors (Lipinski definition) is 1. The Morgan fingerprint density at radius 2 is 2.04 bits per heavy atom. The maximum absolute atomic E-state index is 13.0. The maximum atomic E-state index is 13.0. The van der Waals surface area contributed by atoms with E-state index >= 15 is 0 Å². The van der Waals surface area contributed by atoms with Crippen LogP contribution in [0, 0.1) is 22.7 Å². The molecule has 4 nitrogen and oxygen atoms in total. The van der Waals surface area contributed by atoms with E-state index in [0.717, 1.165) is 41.8 Å². The van der Waals surface area contributed by atoms with E-state index in [9.17, 15) is 9.70 Å². The van der Waals surface area contributed by atoms with Gasteiger partial charge >= 0.3 is 0 Å². The van der Waals surface area contributed by atoms with Crippen LogP contribution in [0.3, 0.4) is 0 Å². The van der Waals surface area contributed by atoms with E-state index in [4.69, 9.17) is 0 Å². The maximum Gasteiger partial charge on any atom is 0.236 e. The second-order valence-corrected chi connectivity index (χ2v) is 8.66. The number of carbonyl (C=O) groups is 1. The third kappa shape index (κ3) is 2.42.